The van der Waals surface area contributed by atoms with Crippen LogP contribution in [0.3, 0.4) is 0 Å². The van der Waals surface area contributed by atoms with Gasteiger partial charge in [-0.2, -0.15) is 0 Å². The van der Waals surface area contributed by atoms with E-state index >= 15 is 0 Å². The van der Waals surface area contributed by atoms with Crippen molar-refractivity contribution in [2.75, 3.05) is 19.6 Å². The maximum atomic E-state index is 12.5. The molecule has 1 N–H and O–H groups in total. The van der Waals surface area contributed by atoms with Crippen LogP contribution in [0, 0.1) is 10.1 Å². The number of carbonyl (C=O) groups is 1. The van der Waals surface area contributed by atoms with Gasteiger partial charge in [0.05, 0.1) is 15.5 Å². The van der Waals surface area contributed by atoms with Gasteiger partial charge in [-0.3, -0.25) is 14.9 Å². The smallest absolute Gasteiger partial charge is 0.270 e. The predicted octanol–water partition coefficient (Wildman–Crippen LogP) is 2.07. The number of amides is 1. The lowest BCUT2D eigenvalue weighted by Crippen LogP contribution is -2.41. The normalized spacial score (nSPS) is 18.0. The maximum Gasteiger partial charge on any atom is 0.270 e. The molecule has 1 aliphatic rings. The van der Waals surface area contributed by atoms with E-state index in [1.165, 1.54) is 18.2 Å². The molecule has 0 aliphatic carbocycles. The van der Waals surface area contributed by atoms with Gasteiger partial charge in [-0.15, -0.1) is 0 Å². The lowest BCUT2D eigenvalue weighted by atomic mass is 10.1. The van der Waals surface area contributed by atoms with E-state index in [-0.39, 0.29) is 28.2 Å². The summed E-state index contributed by atoms with van der Waals surface area (Å²) in [5, 5.41) is 14.3. The zero-order valence-electron chi connectivity index (χ0n) is 11.1. The Hall–Kier alpha value is -1.66. The third kappa shape index (κ3) is 2.91. The average Bonchev–Trinajstić information content (AvgIpc) is 2.93. The second-order valence-electron chi connectivity index (χ2n) is 4.66. The van der Waals surface area contributed by atoms with Crippen LogP contribution < -0.4 is 5.32 Å². The van der Waals surface area contributed by atoms with Crippen LogP contribution in [0.2, 0.25) is 5.02 Å². The maximum absolute atomic E-state index is 12.5. The van der Waals surface area contributed by atoms with Gasteiger partial charge < -0.3 is 10.2 Å². The van der Waals surface area contributed by atoms with E-state index in [1.54, 1.807) is 4.90 Å². The third-order valence-electron chi connectivity index (χ3n) is 3.47. The largest absolute Gasteiger partial charge is 0.335 e. The topological polar surface area (TPSA) is 75.5 Å². The number of halogens is 1. The Morgan fingerprint density at radius 3 is 2.90 bits per heavy atom. The highest BCUT2D eigenvalue weighted by molar-refractivity contribution is 6.33. The molecule has 1 fully saturated rings. The molecule has 1 aliphatic heterocycles. The highest BCUT2D eigenvalue weighted by atomic mass is 35.5. The van der Waals surface area contributed by atoms with Gasteiger partial charge in [-0.1, -0.05) is 11.6 Å². The van der Waals surface area contributed by atoms with Crippen molar-refractivity contribution in [3.05, 3.63) is 38.9 Å². The highest BCUT2D eigenvalue weighted by Crippen LogP contribution is 2.24. The van der Waals surface area contributed by atoms with Gasteiger partial charge in [0, 0.05) is 31.3 Å². The van der Waals surface area contributed by atoms with E-state index in [0.717, 1.165) is 19.5 Å². The standard InChI is InChI=1S/C13H16ClN3O3/c1-2-16(10-5-6-15-8-10)13(18)11-7-9(17(19)20)3-4-12(11)14/h3-4,7,10,15H,2,5-6,8H2,1H3. The van der Waals surface area contributed by atoms with E-state index in [2.05, 4.69) is 5.32 Å². The Morgan fingerprint density at radius 2 is 2.35 bits per heavy atom. The predicted molar refractivity (Wildman–Crippen MR) is 76.1 cm³/mol. The number of nitrogens with one attached hydrogen (secondary N) is 1. The number of non-ortho nitro benzene ring substituents is 1. The van der Waals surface area contributed by atoms with Crippen LogP contribution in [-0.2, 0) is 0 Å². The molecule has 1 atom stereocenters. The van der Waals surface area contributed by atoms with Gasteiger partial charge in [-0.25, -0.2) is 0 Å². The van der Waals surface area contributed by atoms with Crippen molar-refractivity contribution >= 4 is 23.2 Å². The Morgan fingerprint density at radius 1 is 1.60 bits per heavy atom. The molecule has 1 amide bonds. The summed E-state index contributed by atoms with van der Waals surface area (Å²) in [6.45, 7) is 4.05. The summed E-state index contributed by atoms with van der Waals surface area (Å²) >= 11 is 6.02. The minimum absolute atomic E-state index is 0.114. The van der Waals surface area contributed by atoms with Gasteiger partial charge in [-0.05, 0) is 26.0 Å². The molecule has 0 radical (unpaired) electrons. The number of rotatable bonds is 4. The fourth-order valence-corrected chi connectivity index (χ4v) is 2.62. The second kappa shape index (κ2) is 6.19. The summed E-state index contributed by atoms with van der Waals surface area (Å²) in [5.41, 5.74) is 0.0629. The average molecular weight is 298 g/mol. The number of nitrogens with zero attached hydrogens (tertiary/aromatic N) is 2. The first-order valence-electron chi connectivity index (χ1n) is 6.50. The molecule has 0 aromatic heterocycles. The number of nitro groups is 1. The lowest BCUT2D eigenvalue weighted by Gasteiger charge is -2.27. The molecule has 1 unspecified atom stereocenters. The monoisotopic (exact) mass is 297 g/mol. The molecule has 1 aromatic rings. The van der Waals surface area contributed by atoms with Crippen molar-refractivity contribution in [3.8, 4) is 0 Å². The van der Waals surface area contributed by atoms with E-state index in [9.17, 15) is 14.9 Å². The first kappa shape index (κ1) is 14.7. The van der Waals surface area contributed by atoms with Crippen LogP contribution >= 0.6 is 11.6 Å². The van der Waals surface area contributed by atoms with Gasteiger partial charge in [0.2, 0.25) is 0 Å². The van der Waals surface area contributed by atoms with Gasteiger partial charge in [0.15, 0.2) is 0 Å². The van der Waals surface area contributed by atoms with Crippen LogP contribution in [-0.4, -0.2) is 41.4 Å². The molecule has 0 bridgehead atoms. The number of carbonyl (C=O) groups excluding carboxylic acids is 1. The Labute approximate surface area is 121 Å². The van der Waals surface area contributed by atoms with Gasteiger partial charge in [0.25, 0.3) is 11.6 Å². The molecule has 1 heterocycles. The number of likely N-dealkylation sites (N-methyl/N-ethyl adjacent to an activating group) is 1. The molecule has 108 valence electrons. The van der Waals surface area contributed by atoms with Crippen LogP contribution in [0.4, 0.5) is 5.69 Å². The second-order valence-corrected chi connectivity index (χ2v) is 5.07. The Kier molecular flexibility index (Phi) is 4.57. The molecule has 1 aromatic carbocycles. The van der Waals surface area contributed by atoms with Crippen LogP contribution in [0.1, 0.15) is 23.7 Å². The summed E-state index contributed by atoms with van der Waals surface area (Å²) in [6.07, 6.45) is 0.881. The van der Waals surface area contributed by atoms with E-state index in [0.29, 0.717) is 6.54 Å². The summed E-state index contributed by atoms with van der Waals surface area (Å²) in [5.74, 6) is -0.255. The molecule has 7 heteroatoms. The first-order chi connectivity index (χ1) is 9.54. The SMILES string of the molecule is CCN(C(=O)c1cc([N+](=O)[O-])ccc1Cl)C1CCNC1. The zero-order chi connectivity index (χ0) is 14.7. The Balaban J connectivity index is 2.30. The summed E-state index contributed by atoms with van der Waals surface area (Å²) in [7, 11) is 0. The van der Waals surface area contributed by atoms with Gasteiger partial charge in [0.1, 0.15) is 0 Å². The molecule has 2 rings (SSSR count). The fourth-order valence-electron chi connectivity index (χ4n) is 2.42. The number of benzene rings is 1. The quantitative estimate of drug-likeness (QED) is 0.682. The highest BCUT2D eigenvalue weighted by Gasteiger charge is 2.28. The van der Waals surface area contributed by atoms with Crippen LogP contribution in [0.15, 0.2) is 18.2 Å². The number of nitro benzene ring substituents is 1. The van der Waals surface area contributed by atoms with Crippen LogP contribution in [0.5, 0.6) is 0 Å². The summed E-state index contributed by atoms with van der Waals surface area (Å²) in [4.78, 5) is 24.5. The molecule has 0 saturated carbocycles. The summed E-state index contributed by atoms with van der Waals surface area (Å²) in [6, 6.07) is 4.05. The van der Waals surface area contributed by atoms with E-state index < -0.39 is 4.92 Å². The zero-order valence-corrected chi connectivity index (χ0v) is 11.9. The molecular weight excluding hydrogens is 282 g/mol. The number of hydrogen-bond donors (Lipinski definition) is 1. The lowest BCUT2D eigenvalue weighted by molar-refractivity contribution is -0.384. The first-order valence-corrected chi connectivity index (χ1v) is 6.88. The van der Waals surface area contributed by atoms with Crippen LogP contribution in [0.25, 0.3) is 0 Å². The summed E-state index contributed by atoms with van der Waals surface area (Å²) < 4.78 is 0. The molecular formula is C13H16ClN3O3. The Bertz CT molecular complexity index is 530. The van der Waals surface area contributed by atoms with Crippen molar-refractivity contribution in [3.63, 3.8) is 0 Å². The fraction of sp³-hybridized carbons (Fsp3) is 0.462. The number of hydrogen-bond acceptors (Lipinski definition) is 4. The molecule has 20 heavy (non-hydrogen) atoms. The van der Waals surface area contributed by atoms with Crippen molar-refractivity contribution in [1.82, 2.24) is 10.2 Å². The molecule has 1 saturated heterocycles. The van der Waals surface area contributed by atoms with E-state index in [4.69, 9.17) is 11.6 Å². The molecule has 0 spiro atoms. The minimum atomic E-state index is -0.527. The minimum Gasteiger partial charge on any atom is -0.335 e. The van der Waals surface area contributed by atoms with Crippen molar-refractivity contribution in [1.29, 1.82) is 0 Å². The third-order valence-corrected chi connectivity index (χ3v) is 3.80. The van der Waals surface area contributed by atoms with Crippen molar-refractivity contribution < 1.29 is 9.72 Å². The molecule has 6 nitrogen and oxygen atoms in total. The van der Waals surface area contributed by atoms with Gasteiger partial charge >= 0.3 is 0 Å². The van der Waals surface area contributed by atoms with E-state index in [1.807, 2.05) is 6.92 Å². The van der Waals surface area contributed by atoms with Crippen molar-refractivity contribution in [2.45, 2.75) is 19.4 Å². The van der Waals surface area contributed by atoms with Crippen molar-refractivity contribution in [2.24, 2.45) is 0 Å².